The molecule has 6 heteroatoms. The van der Waals surface area contributed by atoms with Gasteiger partial charge in [0.1, 0.15) is 0 Å². The lowest BCUT2D eigenvalue weighted by molar-refractivity contribution is 0.481. The second-order valence-electron chi connectivity index (χ2n) is 2.36. The number of rotatable bonds is 3. The predicted molar refractivity (Wildman–Crippen MR) is 57.3 cm³/mol. The van der Waals surface area contributed by atoms with Gasteiger partial charge in [-0.05, 0) is 5.56 Å². The SMILES string of the molecule is O=S(=O)(O)C(SS)c1ccccc1. The number of hydrogen-bond acceptors (Lipinski definition) is 4. The summed E-state index contributed by atoms with van der Waals surface area (Å²) in [5, 5.41) is 0. The molecule has 0 heterocycles. The van der Waals surface area contributed by atoms with Crippen molar-refractivity contribution >= 4 is 32.6 Å². The van der Waals surface area contributed by atoms with Gasteiger partial charge in [0, 0.05) is 0 Å². The summed E-state index contributed by atoms with van der Waals surface area (Å²) in [5.74, 6) is 0. The van der Waals surface area contributed by atoms with Gasteiger partial charge in [0.25, 0.3) is 10.1 Å². The largest absolute Gasteiger partial charge is 0.284 e. The fourth-order valence-electron chi connectivity index (χ4n) is 0.897. The molecule has 72 valence electrons. The quantitative estimate of drug-likeness (QED) is 0.479. The minimum absolute atomic E-state index is 0.519. The zero-order valence-electron chi connectivity index (χ0n) is 6.49. The van der Waals surface area contributed by atoms with Crippen LogP contribution in [0.5, 0.6) is 0 Å². The molecule has 0 spiro atoms. The van der Waals surface area contributed by atoms with Gasteiger partial charge in [0.15, 0.2) is 4.58 Å². The molecule has 3 nitrogen and oxygen atoms in total. The Kier molecular flexibility index (Phi) is 3.66. The monoisotopic (exact) mass is 236 g/mol. The molecule has 1 aromatic rings. The Bertz CT molecular complexity index is 360. The maximum absolute atomic E-state index is 10.8. The van der Waals surface area contributed by atoms with E-state index in [1.807, 2.05) is 0 Å². The van der Waals surface area contributed by atoms with Gasteiger partial charge in [-0.3, -0.25) is 4.55 Å². The van der Waals surface area contributed by atoms with Crippen LogP contribution in [0, 0.1) is 0 Å². The minimum Gasteiger partial charge on any atom is -0.284 e. The van der Waals surface area contributed by atoms with Gasteiger partial charge in [0.05, 0.1) is 0 Å². The summed E-state index contributed by atoms with van der Waals surface area (Å²) in [4.78, 5) is 0. The van der Waals surface area contributed by atoms with E-state index in [4.69, 9.17) is 4.55 Å². The molecular formula is C7H8O3S3. The highest BCUT2D eigenvalue weighted by Crippen LogP contribution is 2.35. The molecule has 1 N–H and O–H groups in total. The lowest BCUT2D eigenvalue weighted by atomic mass is 10.2. The number of thiol groups is 1. The first kappa shape index (κ1) is 10.9. The highest BCUT2D eigenvalue weighted by molar-refractivity contribution is 8.70. The van der Waals surface area contributed by atoms with Crippen molar-refractivity contribution in [3.05, 3.63) is 35.9 Å². The van der Waals surface area contributed by atoms with Crippen molar-refractivity contribution in [3.63, 3.8) is 0 Å². The van der Waals surface area contributed by atoms with E-state index >= 15 is 0 Å². The number of hydrogen-bond donors (Lipinski definition) is 2. The molecule has 0 saturated carbocycles. The van der Waals surface area contributed by atoms with Gasteiger partial charge < -0.3 is 0 Å². The Labute approximate surface area is 86.1 Å². The van der Waals surface area contributed by atoms with E-state index in [1.165, 1.54) is 0 Å². The van der Waals surface area contributed by atoms with E-state index < -0.39 is 14.7 Å². The van der Waals surface area contributed by atoms with E-state index in [0.29, 0.717) is 5.56 Å². The Balaban J connectivity index is 3.06. The molecule has 1 atom stereocenters. The van der Waals surface area contributed by atoms with Crippen LogP contribution in [0.4, 0.5) is 0 Å². The van der Waals surface area contributed by atoms with E-state index in [9.17, 15) is 8.42 Å². The lowest BCUT2D eigenvalue weighted by Gasteiger charge is -2.09. The first-order chi connectivity index (χ1) is 6.05. The molecule has 0 aliphatic carbocycles. The van der Waals surface area contributed by atoms with Crippen LogP contribution in [0.1, 0.15) is 10.1 Å². The average Bonchev–Trinajstić information content (AvgIpc) is 2.05. The van der Waals surface area contributed by atoms with Crippen LogP contribution in [0.2, 0.25) is 0 Å². The minimum atomic E-state index is -4.08. The maximum atomic E-state index is 10.8. The van der Waals surface area contributed by atoms with Crippen molar-refractivity contribution in [3.8, 4) is 0 Å². The third-order valence-corrected chi connectivity index (χ3v) is 4.79. The van der Waals surface area contributed by atoms with Crippen molar-refractivity contribution in [2.45, 2.75) is 4.58 Å². The summed E-state index contributed by atoms with van der Waals surface area (Å²) < 4.78 is 29.5. The van der Waals surface area contributed by atoms with Crippen LogP contribution in [0.3, 0.4) is 0 Å². The zero-order chi connectivity index (χ0) is 9.90. The Morgan fingerprint density at radius 3 is 2.23 bits per heavy atom. The van der Waals surface area contributed by atoms with Crippen LogP contribution in [0.25, 0.3) is 0 Å². The van der Waals surface area contributed by atoms with Crippen LogP contribution in [0.15, 0.2) is 30.3 Å². The van der Waals surface area contributed by atoms with Crippen molar-refractivity contribution in [2.24, 2.45) is 0 Å². The Morgan fingerprint density at radius 1 is 1.31 bits per heavy atom. The molecular weight excluding hydrogens is 228 g/mol. The molecule has 13 heavy (non-hydrogen) atoms. The maximum Gasteiger partial charge on any atom is 0.282 e. The molecule has 1 rings (SSSR count). The molecule has 0 amide bonds. The lowest BCUT2D eigenvalue weighted by Crippen LogP contribution is -2.07. The first-order valence-corrected chi connectivity index (χ1v) is 6.80. The first-order valence-electron chi connectivity index (χ1n) is 3.37. The molecule has 0 aromatic heterocycles. The smallest absolute Gasteiger partial charge is 0.282 e. The summed E-state index contributed by atoms with van der Waals surface area (Å²) >= 11 is 3.80. The van der Waals surface area contributed by atoms with Gasteiger partial charge in [-0.2, -0.15) is 8.42 Å². The summed E-state index contributed by atoms with van der Waals surface area (Å²) in [6.45, 7) is 0. The summed E-state index contributed by atoms with van der Waals surface area (Å²) in [5.41, 5.74) is 0.519. The van der Waals surface area contributed by atoms with Gasteiger partial charge in [-0.25, -0.2) is 0 Å². The normalized spacial score (nSPS) is 14.0. The van der Waals surface area contributed by atoms with Gasteiger partial charge in [0.2, 0.25) is 0 Å². The molecule has 0 aliphatic rings. The second kappa shape index (κ2) is 4.36. The van der Waals surface area contributed by atoms with Crippen LogP contribution in [-0.2, 0) is 10.1 Å². The zero-order valence-corrected chi connectivity index (χ0v) is 9.02. The highest BCUT2D eigenvalue weighted by atomic mass is 33.1. The van der Waals surface area contributed by atoms with Gasteiger partial charge in [-0.1, -0.05) is 41.1 Å². The summed E-state index contributed by atoms with van der Waals surface area (Å²) in [6, 6.07) is 8.44. The standard InChI is InChI=1S/C7H8O3S3/c8-13(9,10)7(12-11)6-4-2-1-3-5-6/h1-5,7,11H,(H,8,9,10). The Hall–Kier alpha value is -0.170. The third-order valence-electron chi connectivity index (χ3n) is 1.44. The van der Waals surface area contributed by atoms with Crippen molar-refractivity contribution in [1.82, 2.24) is 0 Å². The van der Waals surface area contributed by atoms with Crippen molar-refractivity contribution < 1.29 is 13.0 Å². The van der Waals surface area contributed by atoms with Crippen molar-refractivity contribution in [2.75, 3.05) is 0 Å². The van der Waals surface area contributed by atoms with Gasteiger partial charge in [-0.15, -0.1) is 11.7 Å². The van der Waals surface area contributed by atoms with Crippen LogP contribution < -0.4 is 0 Å². The predicted octanol–water partition coefficient (Wildman–Crippen LogP) is 2.15. The van der Waals surface area contributed by atoms with E-state index in [0.717, 1.165) is 10.8 Å². The van der Waals surface area contributed by atoms with E-state index in [-0.39, 0.29) is 0 Å². The van der Waals surface area contributed by atoms with E-state index in [2.05, 4.69) is 11.7 Å². The van der Waals surface area contributed by atoms with Crippen molar-refractivity contribution in [1.29, 1.82) is 0 Å². The molecule has 0 radical (unpaired) electrons. The average molecular weight is 236 g/mol. The molecule has 1 aromatic carbocycles. The fraction of sp³-hybridized carbons (Fsp3) is 0.143. The summed E-state index contributed by atoms with van der Waals surface area (Å²) in [7, 11) is -3.30. The van der Waals surface area contributed by atoms with Crippen LogP contribution >= 0.6 is 22.5 Å². The highest BCUT2D eigenvalue weighted by Gasteiger charge is 2.23. The molecule has 0 fully saturated rings. The third kappa shape index (κ3) is 2.91. The molecule has 0 saturated heterocycles. The number of benzene rings is 1. The summed E-state index contributed by atoms with van der Waals surface area (Å²) in [6.07, 6.45) is 0. The topological polar surface area (TPSA) is 54.4 Å². The molecule has 0 bridgehead atoms. The van der Waals surface area contributed by atoms with Gasteiger partial charge >= 0.3 is 0 Å². The van der Waals surface area contributed by atoms with E-state index in [1.54, 1.807) is 30.3 Å². The second-order valence-corrected chi connectivity index (χ2v) is 5.48. The molecule has 0 aliphatic heterocycles. The Morgan fingerprint density at radius 2 is 1.85 bits per heavy atom. The fourth-order valence-corrected chi connectivity index (χ4v) is 3.46. The molecule has 1 unspecified atom stereocenters. The van der Waals surface area contributed by atoms with Crippen LogP contribution in [-0.4, -0.2) is 13.0 Å².